The van der Waals surface area contributed by atoms with Crippen molar-refractivity contribution in [1.29, 1.82) is 0 Å². The van der Waals surface area contributed by atoms with Crippen LogP contribution >= 0.6 is 23.2 Å². The normalized spacial score (nSPS) is 17.6. The molecule has 1 aliphatic rings. The van der Waals surface area contributed by atoms with Crippen LogP contribution in [0.5, 0.6) is 0 Å². The van der Waals surface area contributed by atoms with Gasteiger partial charge in [0.25, 0.3) is 5.91 Å². The lowest BCUT2D eigenvalue weighted by molar-refractivity contribution is -0.130. The Hall–Kier alpha value is -1.30. The Morgan fingerprint density at radius 3 is 2.76 bits per heavy atom. The van der Waals surface area contributed by atoms with Gasteiger partial charge in [0.2, 0.25) is 5.91 Å². The van der Waals surface area contributed by atoms with Gasteiger partial charge in [-0.25, -0.2) is 0 Å². The highest BCUT2D eigenvalue weighted by Gasteiger charge is 2.23. The summed E-state index contributed by atoms with van der Waals surface area (Å²) in [4.78, 5) is 25.7. The lowest BCUT2D eigenvalue weighted by Gasteiger charge is -2.23. The number of nitrogens with zero attached hydrogens (tertiary/aromatic N) is 1. The summed E-state index contributed by atoms with van der Waals surface area (Å²) in [5, 5.41) is 6.50. The molecule has 2 amide bonds. The van der Waals surface area contributed by atoms with Gasteiger partial charge in [-0.1, -0.05) is 23.2 Å². The molecule has 5 nitrogen and oxygen atoms in total. The SMILES string of the molecule is CN(C(=O)CNC(=O)c1ccc(Cl)c(Cl)c1)C1CCNC1. The highest BCUT2D eigenvalue weighted by molar-refractivity contribution is 6.42. The number of carbonyl (C=O) groups excluding carboxylic acids is 2. The van der Waals surface area contributed by atoms with E-state index < -0.39 is 0 Å². The molecule has 1 saturated heterocycles. The van der Waals surface area contributed by atoms with E-state index in [1.165, 1.54) is 6.07 Å². The van der Waals surface area contributed by atoms with Crippen molar-refractivity contribution in [2.75, 3.05) is 26.7 Å². The Balaban J connectivity index is 1.88. The molecule has 1 unspecified atom stereocenters. The molecule has 0 saturated carbocycles. The van der Waals surface area contributed by atoms with E-state index in [9.17, 15) is 9.59 Å². The first kappa shape index (κ1) is 16.1. The third-order valence-corrected chi connectivity index (χ3v) is 4.30. The Morgan fingerprint density at radius 1 is 1.38 bits per heavy atom. The number of nitrogens with one attached hydrogen (secondary N) is 2. The van der Waals surface area contributed by atoms with Gasteiger partial charge < -0.3 is 15.5 Å². The fourth-order valence-electron chi connectivity index (χ4n) is 2.19. The quantitative estimate of drug-likeness (QED) is 0.880. The van der Waals surface area contributed by atoms with E-state index in [-0.39, 0.29) is 24.4 Å². The molecule has 1 fully saturated rings. The lowest BCUT2D eigenvalue weighted by atomic mass is 10.2. The highest BCUT2D eigenvalue weighted by Crippen LogP contribution is 2.22. The Bertz CT molecular complexity index is 545. The van der Waals surface area contributed by atoms with Crippen LogP contribution < -0.4 is 10.6 Å². The van der Waals surface area contributed by atoms with Gasteiger partial charge in [0.15, 0.2) is 0 Å². The number of hydrogen-bond donors (Lipinski definition) is 2. The molecule has 2 rings (SSSR count). The highest BCUT2D eigenvalue weighted by atomic mass is 35.5. The monoisotopic (exact) mass is 329 g/mol. The van der Waals surface area contributed by atoms with Gasteiger partial charge in [-0.15, -0.1) is 0 Å². The summed E-state index contributed by atoms with van der Waals surface area (Å²) in [5.74, 6) is -0.461. The van der Waals surface area contributed by atoms with Crippen LogP contribution in [0.15, 0.2) is 18.2 Å². The van der Waals surface area contributed by atoms with Gasteiger partial charge in [-0.05, 0) is 31.2 Å². The third-order valence-electron chi connectivity index (χ3n) is 3.56. The van der Waals surface area contributed by atoms with Crippen LogP contribution in [0.2, 0.25) is 10.0 Å². The second kappa shape index (κ2) is 7.11. The van der Waals surface area contributed by atoms with Crippen molar-refractivity contribution in [3.05, 3.63) is 33.8 Å². The molecule has 7 heteroatoms. The first-order chi connectivity index (χ1) is 9.99. The van der Waals surface area contributed by atoms with Crippen LogP contribution in [0.3, 0.4) is 0 Å². The number of carbonyl (C=O) groups is 2. The van der Waals surface area contributed by atoms with Gasteiger partial charge in [0.05, 0.1) is 16.6 Å². The molecule has 1 aromatic carbocycles. The van der Waals surface area contributed by atoms with E-state index in [2.05, 4.69) is 10.6 Å². The van der Waals surface area contributed by atoms with Gasteiger partial charge in [-0.2, -0.15) is 0 Å². The summed E-state index contributed by atoms with van der Waals surface area (Å²) in [6.45, 7) is 1.67. The Kier molecular flexibility index (Phi) is 5.45. The summed E-state index contributed by atoms with van der Waals surface area (Å²) in [6.07, 6.45) is 0.934. The van der Waals surface area contributed by atoms with E-state index in [1.807, 2.05) is 0 Å². The van der Waals surface area contributed by atoms with Crippen LogP contribution in [0.4, 0.5) is 0 Å². The van der Waals surface area contributed by atoms with Crippen LogP contribution in [0.1, 0.15) is 16.8 Å². The van der Waals surface area contributed by atoms with Crippen LogP contribution in [-0.2, 0) is 4.79 Å². The smallest absolute Gasteiger partial charge is 0.251 e. The second-order valence-corrected chi connectivity index (χ2v) is 5.78. The number of halogens is 2. The molecule has 1 aromatic rings. The minimum absolute atomic E-state index is 0.0356. The zero-order valence-electron chi connectivity index (χ0n) is 11.7. The van der Waals surface area contributed by atoms with Crippen molar-refractivity contribution >= 4 is 35.0 Å². The fourth-order valence-corrected chi connectivity index (χ4v) is 2.49. The molecule has 0 aliphatic carbocycles. The largest absolute Gasteiger partial charge is 0.343 e. The molecule has 1 aliphatic heterocycles. The number of amides is 2. The minimum atomic E-state index is -0.347. The van der Waals surface area contributed by atoms with Crippen molar-refractivity contribution in [2.45, 2.75) is 12.5 Å². The standard InChI is InChI=1S/C14H17Cl2N3O2/c1-19(10-4-5-17-7-10)13(20)8-18-14(21)9-2-3-11(15)12(16)6-9/h2-3,6,10,17H,4-5,7-8H2,1H3,(H,18,21). The average Bonchev–Trinajstić information content (AvgIpc) is 3.00. The van der Waals surface area contributed by atoms with Gasteiger partial charge >= 0.3 is 0 Å². The van der Waals surface area contributed by atoms with E-state index in [0.717, 1.165) is 19.5 Å². The fraction of sp³-hybridized carbons (Fsp3) is 0.429. The molecule has 114 valence electrons. The zero-order valence-corrected chi connectivity index (χ0v) is 13.2. The molecule has 21 heavy (non-hydrogen) atoms. The van der Waals surface area contributed by atoms with Crippen molar-refractivity contribution in [1.82, 2.24) is 15.5 Å². The van der Waals surface area contributed by atoms with E-state index >= 15 is 0 Å². The van der Waals surface area contributed by atoms with E-state index in [4.69, 9.17) is 23.2 Å². The van der Waals surface area contributed by atoms with Crippen molar-refractivity contribution < 1.29 is 9.59 Å². The molecule has 0 spiro atoms. The average molecular weight is 330 g/mol. The van der Waals surface area contributed by atoms with Crippen molar-refractivity contribution in [3.63, 3.8) is 0 Å². The first-order valence-corrected chi connectivity index (χ1v) is 7.44. The maximum Gasteiger partial charge on any atom is 0.251 e. The number of hydrogen-bond acceptors (Lipinski definition) is 3. The molecule has 0 radical (unpaired) electrons. The molecular weight excluding hydrogens is 313 g/mol. The van der Waals surface area contributed by atoms with Gasteiger partial charge in [0.1, 0.15) is 0 Å². The lowest BCUT2D eigenvalue weighted by Crippen LogP contribution is -2.44. The van der Waals surface area contributed by atoms with Crippen LogP contribution in [-0.4, -0.2) is 49.4 Å². The summed E-state index contributed by atoms with van der Waals surface area (Å²) in [7, 11) is 1.76. The van der Waals surface area contributed by atoms with E-state index in [1.54, 1.807) is 24.1 Å². The van der Waals surface area contributed by atoms with Crippen molar-refractivity contribution in [2.24, 2.45) is 0 Å². The first-order valence-electron chi connectivity index (χ1n) is 6.68. The molecule has 1 atom stereocenters. The maximum absolute atomic E-state index is 12.0. The number of likely N-dealkylation sites (N-methyl/N-ethyl adjacent to an activating group) is 1. The number of rotatable bonds is 4. The van der Waals surface area contributed by atoms with Crippen LogP contribution in [0, 0.1) is 0 Å². The molecule has 0 bridgehead atoms. The molecule has 2 N–H and O–H groups in total. The predicted octanol–water partition coefficient (Wildman–Crippen LogP) is 1.54. The second-order valence-electron chi connectivity index (χ2n) is 4.96. The number of benzene rings is 1. The molecule has 0 aromatic heterocycles. The van der Waals surface area contributed by atoms with Crippen LogP contribution in [0.25, 0.3) is 0 Å². The topological polar surface area (TPSA) is 61.4 Å². The zero-order chi connectivity index (χ0) is 15.4. The summed E-state index contributed by atoms with van der Waals surface area (Å²) in [5.41, 5.74) is 0.377. The predicted molar refractivity (Wildman–Crippen MR) is 82.8 cm³/mol. The maximum atomic E-state index is 12.0. The van der Waals surface area contributed by atoms with Crippen molar-refractivity contribution in [3.8, 4) is 0 Å². The minimum Gasteiger partial charge on any atom is -0.343 e. The summed E-state index contributed by atoms with van der Waals surface area (Å²) < 4.78 is 0. The summed E-state index contributed by atoms with van der Waals surface area (Å²) >= 11 is 11.7. The molecule has 1 heterocycles. The van der Waals surface area contributed by atoms with Gasteiger partial charge in [-0.3, -0.25) is 9.59 Å². The molecular formula is C14H17Cl2N3O2. The van der Waals surface area contributed by atoms with Gasteiger partial charge in [0, 0.05) is 25.2 Å². The summed E-state index contributed by atoms with van der Waals surface area (Å²) in [6, 6.07) is 4.79. The van der Waals surface area contributed by atoms with E-state index in [0.29, 0.717) is 15.6 Å². The Morgan fingerprint density at radius 2 is 2.14 bits per heavy atom. The third kappa shape index (κ3) is 4.09. The Labute approximate surface area is 133 Å².